The Balaban J connectivity index is 1.37. The molecule has 1 N–H and O–H groups in total. The molecule has 28 heavy (non-hydrogen) atoms. The van der Waals surface area contributed by atoms with Crippen molar-refractivity contribution in [2.24, 2.45) is 0 Å². The lowest BCUT2D eigenvalue weighted by Crippen LogP contribution is -2.40. The Morgan fingerprint density at radius 1 is 0.929 bits per heavy atom. The number of amides is 2. The van der Waals surface area contributed by atoms with Crippen molar-refractivity contribution in [3.63, 3.8) is 0 Å². The van der Waals surface area contributed by atoms with Gasteiger partial charge in [0.05, 0.1) is 16.6 Å². The number of rotatable bonds is 2. The third kappa shape index (κ3) is 3.09. The number of fused-ring (bicyclic) bond motifs is 3. The fourth-order valence-corrected chi connectivity index (χ4v) is 6.67. The maximum absolute atomic E-state index is 13.0. The molecule has 0 aromatic heterocycles. The molecule has 2 saturated heterocycles. The van der Waals surface area contributed by atoms with Crippen LogP contribution in [-0.4, -0.2) is 45.3 Å². The highest BCUT2D eigenvalue weighted by atomic mass is 32.2. The largest absolute Gasteiger partial charge is 0.339 e. The van der Waals surface area contributed by atoms with Gasteiger partial charge in [-0.2, -0.15) is 0 Å². The first kappa shape index (κ1) is 17.7. The van der Waals surface area contributed by atoms with Crippen LogP contribution in [0.25, 0.3) is 0 Å². The average Bonchev–Trinajstić information content (AvgIpc) is 3.22. The number of para-hydroxylation sites is 3. The zero-order chi connectivity index (χ0) is 19.1. The van der Waals surface area contributed by atoms with E-state index in [0.717, 1.165) is 43.6 Å². The van der Waals surface area contributed by atoms with Gasteiger partial charge in [-0.3, -0.25) is 4.21 Å². The molecule has 0 spiro atoms. The van der Waals surface area contributed by atoms with E-state index in [1.54, 1.807) is 0 Å². The normalized spacial score (nSPS) is 26.1. The highest BCUT2D eigenvalue weighted by Gasteiger charge is 2.38. The van der Waals surface area contributed by atoms with E-state index >= 15 is 0 Å². The molecule has 0 radical (unpaired) electrons. The molecule has 3 aliphatic rings. The lowest BCUT2D eigenvalue weighted by molar-refractivity contribution is 0.209. The molecule has 0 saturated carbocycles. The monoisotopic (exact) mass is 395 g/mol. The van der Waals surface area contributed by atoms with E-state index in [9.17, 15) is 9.00 Å². The van der Waals surface area contributed by atoms with Gasteiger partial charge in [-0.1, -0.05) is 30.3 Å². The minimum Gasteiger partial charge on any atom is -0.339 e. The van der Waals surface area contributed by atoms with Crippen LogP contribution in [-0.2, 0) is 17.2 Å². The summed E-state index contributed by atoms with van der Waals surface area (Å²) in [5.41, 5.74) is 4.42. The van der Waals surface area contributed by atoms with Crippen LogP contribution >= 0.6 is 0 Å². The molecule has 3 atom stereocenters. The Hall–Kier alpha value is -2.34. The summed E-state index contributed by atoms with van der Waals surface area (Å²) in [4.78, 5) is 17.2. The van der Waals surface area contributed by atoms with Crippen molar-refractivity contribution in [3.05, 3.63) is 54.1 Å². The molecular formula is C22H25N3O2S. The molecule has 2 bridgehead atoms. The molecule has 0 aliphatic carbocycles. The zero-order valence-corrected chi connectivity index (χ0v) is 16.7. The van der Waals surface area contributed by atoms with E-state index in [0.29, 0.717) is 13.1 Å². The first-order chi connectivity index (χ1) is 13.7. The number of nitrogens with one attached hydrogen (secondary N) is 1. The number of carbonyl (C=O) groups is 1. The molecule has 3 unspecified atom stereocenters. The summed E-state index contributed by atoms with van der Waals surface area (Å²) in [7, 11) is -0.781. The summed E-state index contributed by atoms with van der Waals surface area (Å²) >= 11 is 0. The number of hydrogen-bond donors (Lipinski definition) is 1. The molecule has 5 nitrogen and oxygen atoms in total. The maximum atomic E-state index is 13.0. The van der Waals surface area contributed by atoms with Crippen molar-refractivity contribution in [1.29, 1.82) is 0 Å². The molecule has 3 aliphatic heterocycles. The predicted molar refractivity (Wildman–Crippen MR) is 114 cm³/mol. The van der Waals surface area contributed by atoms with Gasteiger partial charge in [0.25, 0.3) is 0 Å². The van der Waals surface area contributed by atoms with Gasteiger partial charge in [-0.05, 0) is 49.4 Å². The fourth-order valence-electron chi connectivity index (χ4n) is 4.72. The fraction of sp³-hybridized carbons (Fsp3) is 0.409. The Kier molecular flexibility index (Phi) is 4.59. The molecule has 146 valence electrons. The summed E-state index contributed by atoms with van der Waals surface area (Å²) < 4.78 is 12.4. The van der Waals surface area contributed by atoms with E-state index in [1.807, 2.05) is 23.1 Å². The van der Waals surface area contributed by atoms with Gasteiger partial charge in [0, 0.05) is 41.4 Å². The zero-order valence-electron chi connectivity index (χ0n) is 15.8. The molecule has 2 aromatic rings. The molecule has 2 aromatic carbocycles. The number of benzene rings is 2. The van der Waals surface area contributed by atoms with Crippen LogP contribution in [0, 0.1) is 0 Å². The van der Waals surface area contributed by atoms with Gasteiger partial charge in [0.15, 0.2) is 0 Å². The molecule has 2 amide bonds. The standard InChI is InChI=1S/C22H25N3O2S/c26-22(24-13-12-17-9-10-18(15-24)28(17)27)23-19-6-2-4-8-21(19)25-14-11-16-5-1-3-7-20(16)25/h1-8,17-18H,9-15H2,(H,23,26). The van der Waals surface area contributed by atoms with Gasteiger partial charge in [0.2, 0.25) is 0 Å². The van der Waals surface area contributed by atoms with Crippen LogP contribution in [0.1, 0.15) is 24.8 Å². The lowest BCUT2D eigenvalue weighted by Gasteiger charge is -2.27. The first-order valence-electron chi connectivity index (χ1n) is 10.1. The molecular weight excluding hydrogens is 370 g/mol. The molecule has 5 rings (SSSR count). The van der Waals surface area contributed by atoms with Crippen LogP contribution < -0.4 is 10.2 Å². The van der Waals surface area contributed by atoms with Crippen molar-refractivity contribution in [2.75, 3.05) is 29.9 Å². The van der Waals surface area contributed by atoms with Crippen LogP contribution in [0.2, 0.25) is 0 Å². The number of carbonyl (C=O) groups excluding carboxylic acids is 1. The van der Waals surface area contributed by atoms with Crippen molar-refractivity contribution in [1.82, 2.24) is 4.90 Å². The first-order valence-corrected chi connectivity index (χ1v) is 11.4. The summed E-state index contributed by atoms with van der Waals surface area (Å²) in [5.74, 6) is 0. The smallest absolute Gasteiger partial charge is 0.321 e. The topological polar surface area (TPSA) is 52.7 Å². The highest BCUT2D eigenvalue weighted by molar-refractivity contribution is 7.86. The Morgan fingerprint density at radius 3 is 2.57 bits per heavy atom. The summed E-state index contributed by atoms with van der Waals surface area (Å²) in [6.45, 7) is 2.20. The predicted octanol–water partition coefficient (Wildman–Crippen LogP) is 3.90. The molecule has 6 heteroatoms. The average molecular weight is 396 g/mol. The van der Waals surface area contributed by atoms with Crippen LogP contribution in [0.15, 0.2) is 48.5 Å². The summed E-state index contributed by atoms with van der Waals surface area (Å²) in [6.07, 6.45) is 3.88. The van der Waals surface area contributed by atoms with Gasteiger partial charge in [-0.25, -0.2) is 4.79 Å². The minimum atomic E-state index is -0.781. The van der Waals surface area contributed by atoms with Crippen LogP contribution in [0.3, 0.4) is 0 Å². The lowest BCUT2D eigenvalue weighted by atomic mass is 10.1. The van der Waals surface area contributed by atoms with Crippen molar-refractivity contribution < 1.29 is 9.00 Å². The van der Waals surface area contributed by atoms with E-state index in [-0.39, 0.29) is 16.5 Å². The van der Waals surface area contributed by atoms with Crippen LogP contribution in [0.4, 0.5) is 21.9 Å². The van der Waals surface area contributed by atoms with Gasteiger partial charge in [0.1, 0.15) is 0 Å². The Labute approximate surface area is 168 Å². The maximum Gasteiger partial charge on any atom is 0.321 e. The minimum absolute atomic E-state index is 0.0792. The third-order valence-corrected chi connectivity index (χ3v) is 8.39. The number of urea groups is 1. The number of likely N-dealkylation sites (tertiary alicyclic amines) is 1. The summed E-state index contributed by atoms with van der Waals surface area (Å²) in [5, 5.41) is 3.55. The van der Waals surface area contributed by atoms with Crippen LogP contribution in [0.5, 0.6) is 0 Å². The van der Waals surface area contributed by atoms with Crippen molar-refractivity contribution in [3.8, 4) is 0 Å². The second-order valence-electron chi connectivity index (χ2n) is 7.86. The number of anilines is 3. The third-order valence-electron chi connectivity index (χ3n) is 6.22. The number of hydrogen-bond acceptors (Lipinski definition) is 3. The van der Waals surface area contributed by atoms with E-state index in [2.05, 4.69) is 40.5 Å². The Bertz CT molecular complexity index is 932. The molecule has 3 heterocycles. The second-order valence-corrected chi connectivity index (χ2v) is 9.85. The van der Waals surface area contributed by atoms with E-state index < -0.39 is 10.8 Å². The second kappa shape index (κ2) is 7.24. The quantitative estimate of drug-likeness (QED) is 0.839. The highest BCUT2D eigenvalue weighted by Crippen LogP contribution is 2.38. The van der Waals surface area contributed by atoms with Gasteiger partial charge >= 0.3 is 6.03 Å². The Morgan fingerprint density at radius 2 is 1.68 bits per heavy atom. The van der Waals surface area contributed by atoms with E-state index in [1.165, 1.54) is 11.3 Å². The summed E-state index contributed by atoms with van der Waals surface area (Å²) in [6, 6.07) is 16.4. The SMILES string of the molecule is O=C(Nc1ccccc1N1CCc2ccccc21)N1CCC2CCC(C1)S2=O. The van der Waals surface area contributed by atoms with Crippen molar-refractivity contribution >= 4 is 33.9 Å². The van der Waals surface area contributed by atoms with E-state index in [4.69, 9.17) is 0 Å². The molecule has 2 fully saturated rings. The van der Waals surface area contributed by atoms with Gasteiger partial charge in [-0.15, -0.1) is 0 Å². The van der Waals surface area contributed by atoms with Gasteiger partial charge < -0.3 is 15.1 Å². The number of nitrogens with zero attached hydrogens (tertiary/aromatic N) is 2. The van der Waals surface area contributed by atoms with Crippen molar-refractivity contribution in [2.45, 2.75) is 36.2 Å².